The van der Waals surface area contributed by atoms with Gasteiger partial charge in [0.25, 0.3) is 0 Å². The highest BCUT2D eigenvalue weighted by Gasteiger charge is 2.21. The molecule has 1 fully saturated rings. The average molecular weight is 283 g/mol. The number of amides is 3. The Bertz CT molecular complexity index is 310. The lowest BCUT2D eigenvalue weighted by molar-refractivity contribution is -0.131. The number of carbonyl (C=O) groups is 2. The molecule has 2 N–H and O–H groups in total. The summed E-state index contributed by atoms with van der Waals surface area (Å²) in [6.07, 6.45) is 7.15. The van der Waals surface area contributed by atoms with E-state index < -0.39 is 0 Å². The maximum atomic E-state index is 11.8. The van der Waals surface area contributed by atoms with Gasteiger partial charge in [-0.25, -0.2) is 4.79 Å². The minimum absolute atomic E-state index is 0.114. The van der Waals surface area contributed by atoms with E-state index in [1.807, 2.05) is 18.7 Å². The molecular formula is C15H29N3O2. The molecule has 1 aliphatic rings. The highest BCUT2D eigenvalue weighted by molar-refractivity contribution is 5.75. The number of nitrogens with zero attached hydrogens (tertiary/aromatic N) is 1. The van der Waals surface area contributed by atoms with Crippen LogP contribution in [-0.2, 0) is 4.79 Å². The molecule has 3 amide bonds. The lowest BCUT2D eigenvalue weighted by atomic mass is 10.1. The van der Waals surface area contributed by atoms with Gasteiger partial charge in [0.2, 0.25) is 5.91 Å². The second-order valence-electron chi connectivity index (χ2n) is 5.91. The molecule has 0 saturated heterocycles. The molecule has 0 aromatic heterocycles. The first kappa shape index (κ1) is 16.8. The quantitative estimate of drug-likeness (QED) is 0.760. The summed E-state index contributed by atoms with van der Waals surface area (Å²) in [6.45, 7) is 6.58. The van der Waals surface area contributed by atoms with Gasteiger partial charge < -0.3 is 15.5 Å². The van der Waals surface area contributed by atoms with Crippen LogP contribution >= 0.6 is 0 Å². The van der Waals surface area contributed by atoms with Crippen molar-refractivity contribution in [3.8, 4) is 0 Å². The van der Waals surface area contributed by atoms with E-state index in [4.69, 9.17) is 0 Å². The molecule has 0 aromatic rings. The Morgan fingerprint density at radius 1 is 1.15 bits per heavy atom. The third kappa shape index (κ3) is 6.26. The fraction of sp³-hybridized carbons (Fsp3) is 0.867. The molecular weight excluding hydrogens is 254 g/mol. The van der Waals surface area contributed by atoms with Crippen LogP contribution in [0.15, 0.2) is 0 Å². The van der Waals surface area contributed by atoms with Crippen LogP contribution in [0, 0.1) is 0 Å². The monoisotopic (exact) mass is 283 g/mol. The molecule has 0 unspecified atom stereocenters. The highest BCUT2D eigenvalue weighted by atomic mass is 16.2. The second-order valence-corrected chi connectivity index (χ2v) is 5.91. The van der Waals surface area contributed by atoms with Crippen molar-refractivity contribution in [1.82, 2.24) is 15.5 Å². The zero-order chi connectivity index (χ0) is 15.0. The Kier molecular flexibility index (Phi) is 7.41. The van der Waals surface area contributed by atoms with Crippen LogP contribution in [0.25, 0.3) is 0 Å². The van der Waals surface area contributed by atoms with E-state index in [0.717, 1.165) is 12.8 Å². The Morgan fingerprint density at radius 3 is 2.25 bits per heavy atom. The molecule has 0 aliphatic heterocycles. The molecule has 1 rings (SSSR count). The van der Waals surface area contributed by atoms with Gasteiger partial charge in [-0.15, -0.1) is 0 Å². The molecule has 1 aliphatic carbocycles. The normalized spacial score (nSPS) is 16.6. The standard InChI is InChI=1S/C15H29N3O2/c1-12(2)17-15(20)16-10-11-18(13(3)19)14-8-6-4-5-7-9-14/h12,14H,4-11H2,1-3H3,(H2,16,17,20). The number of hydrogen-bond donors (Lipinski definition) is 2. The zero-order valence-corrected chi connectivity index (χ0v) is 13.1. The van der Waals surface area contributed by atoms with Gasteiger partial charge in [0.05, 0.1) is 0 Å². The lowest BCUT2D eigenvalue weighted by Crippen LogP contribution is -2.46. The van der Waals surface area contributed by atoms with Gasteiger partial charge in [0.15, 0.2) is 0 Å². The predicted octanol–water partition coefficient (Wildman–Crippen LogP) is 2.27. The van der Waals surface area contributed by atoms with Gasteiger partial charge in [-0.1, -0.05) is 25.7 Å². The Hall–Kier alpha value is -1.26. The highest BCUT2D eigenvalue weighted by Crippen LogP contribution is 2.21. The minimum atomic E-state index is -0.163. The van der Waals surface area contributed by atoms with E-state index in [2.05, 4.69) is 10.6 Å². The topological polar surface area (TPSA) is 61.4 Å². The molecule has 5 heteroatoms. The third-order valence-corrected chi connectivity index (χ3v) is 3.73. The zero-order valence-electron chi connectivity index (χ0n) is 13.1. The maximum Gasteiger partial charge on any atom is 0.315 e. The van der Waals surface area contributed by atoms with Crippen molar-refractivity contribution in [2.75, 3.05) is 13.1 Å². The number of nitrogens with one attached hydrogen (secondary N) is 2. The largest absolute Gasteiger partial charge is 0.338 e. The summed E-state index contributed by atoms with van der Waals surface area (Å²) in [4.78, 5) is 25.2. The molecule has 0 radical (unpaired) electrons. The van der Waals surface area contributed by atoms with Gasteiger partial charge in [-0.05, 0) is 26.7 Å². The number of hydrogen-bond acceptors (Lipinski definition) is 2. The van der Waals surface area contributed by atoms with Crippen LogP contribution in [0.2, 0.25) is 0 Å². The van der Waals surface area contributed by atoms with Crippen LogP contribution in [0.5, 0.6) is 0 Å². The van der Waals surface area contributed by atoms with E-state index in [0.29, 0.717) is 19.1 Å². The van der Waals surface area contributed by atoms with Gasteiger partial charge in [-0.3, -0.25) is 4.79 Å². The number of carbonyl (C=O) groups excluding carboxylic acids is 2. The first-order chi connectivity index (χ1) is 9.50. The molecule has 0 bridgehead atoms. The summed E-state index contributed by atoms with van der Waals surface area (Å²) < 4.78 is 0. The summed E-state index contributed by atoms with van der Waals surface area (Å²) in [5.74, 6) is 0.114. The molecule has 0 spiro atoms. The predicted molar refractivity (Wildman–Crippen MR) is 80.5 cm³/mol. The summed E-state index contributed by atoms with van der Waals surface area (Å²) in [5, 5.41) is 5.59. The number of rotatable bonds is 5. The van der Waals surface area contributed by atoms with Gasteiger partial charge >= 0.3 is 6.03 Å². The fourth-order valence-corrected chi connectivity index (χ4v) is 2.77. The molecule has 116 valence electrons. The number of urea groups is 1. The van der Waals surface area contributed by atoms with Crippen molar-refractivity contribution >= 4 is 11.9 Å². The van der Waals surface area contributed by atoms with Gasteiger partial charge in [0.1, 0.15) is 0 Å². The lowest BCUT2D eigenvalue weighted by Gasteiger charge is -2.30. The van der Waals surface area contributed by atoms with Crippen LogP contribution in [-0.4, -0.2) is 42.0 Å². The van der Waals surface area contributed by atoms with Crippen molar-refractivity contribution in [3.63, 3.8) is 0 Å². The van der Waals surface area contributed by atoms with E-state index in [1.54, 1.807) is 6.92 Å². The smallest absolute Gasteiger partial charge is 0.315 e. The van der Waals surface area contributed by atoms with Crippen LogP contribution in [0.1, 0.15) is 59.3 Å². The fourth-order valence-electron chi connectivity index (χ4n) is 2.77. The Balaban J connectivity index is 2.38. The van der Waals surface area contributed by atoms with Crippen LogP contribution in [0.3, 0.4) is 0 Å². The minimum Gasteiger partial charge on any atom is -0.338 e. The summed E-state index contributed by atoms with van der Waals surface area (Å²) in [6, 6.07) is 0.315. The molecule has 20 heavy (non-hydrogen) atoms. The molecule has 0 aromatic carbocycles. The van der Waals surface area contributed by atoms with Crippen molar-refractivity contribution < 1.29 is 9.59 Å². The second kappa shape index (κ2) is 8.82. The van der Waals surface area contributed by atoms with Crippen LogP contribution < -0.4 is 10.6 Å². The summed E-state index contributed by atoms with van der Waals surface area (Å²) >= 11 is 0. The average Bonchev–Trinajstić information content (AvgIpc) is 2.62. The molecule has 5 nitrogen and oxygen atoms in total. The van der Waals surface area contributed by atoms with Crippen molar-refractivity contribution in [3.05, 3.63) is 0 Å². The Morgan fingerprint density at radius 2 is 1.75 bits per heavy atom. The first-order valence-corrected chi connectivity index (χ1v) is 7.82. The van der Waals surface area contributed by atoms with E-state index in [-0.39, 0.29) is 18.0 Å². The van der Waals surface area contributed by atoms with Gasteiger partial charge in [0, 0.05) is 32.1 Å². The third-order valence-electron chi connectivity index (χ3n) is 3.73. The molecule has 0 atom stereocenters. The Labute approximate surface area is 122 Å². The van der Waals surface area contributed by atoms with E-state index in [1.165, 1.54) is 25.7 Å². The van der Waals surface area contributed by atoms with Crippen molar-refractivity contribution in [2.24, 2.45) is 0 Å². The molecule has 0 heterocycles. The van der Waals surface area contributed by atoms with Crippen molar-refractivity contribution in [2.45, 2.75) is 71.4 Å². The SMILES string of the molecule is CC(=O)N(CCNC(=O)NC(C)C)C1CCCCCC1. The summed E-state index contributed by atoms with van der Waals surface area (Å²) in [7, 11) is 0. The van der Waals surface area contributed by atoms with Crippen LogP contribution in [0.4, 0.5) is 4.79 Å². The summed E-state index contributed by atoms with van der Waals surface area (Å²) in [5.41, 5.74) is 0. The van der Waals surface area contributed by atoms with Gasteiger partial charge in [-0.2, -0.15) is 0 Å². The van der Waals surface area contributed by atoms with E-state index >= 15 is 0 Å². The van der Waals surface area contributed by atoms with E-state index in [9.17, 15) is 9.59 Å². The molecule has 1 saturated carbocycles. The van der Waals surface area contributed by atoms with Crippen molar-refractivity contribution in [1.29, 1.82) is 0 Å². The first-order valence-electron chi connectivity index (χ1n) is 7.82. The maximum absolute atomic E-state index is 11.8.